The van der Waals surface area contributed by atoms with Gasteiger partial charge < -0.3 is 9.73 Å². The molecule has 2 heterocycles. The molecule has 2 aromatic rings. The van der Waals surface area contributed by atoms with Gasteiger partial charge in [-0.3, -0.25) is 19.3 Å². The lowest BCUT2D eigenvalue weighted by Crippen LogP contribution is -2.37. The van der Waals surface area contributed by atoms with Gasteiger partial charge in [0.25, 0.3) is 17.1 Å². The standard InChI is InChI=1S/C18H15BrN2O4S/c1-11-5-8-25-15(11)16(22)20-6-7-21-17(23)14(26-18(21)24)10-12-3-2-4-13(19)9-12/h2-5,8-10H,6-7H2,1H3,(H,20,22). The Morgan fingerprint density at radius 3 is 2.85 bits per heavy atom. The fourth-order valence-electron chi connectivity index (χ4n) is 2.41. The molecule has 0 aliphatic carbocycles. The normalized spacial score (nSPS) is 15.8. The lowest BCUT2D eigenvalue weighted by Gasteiger charge is -2.12. The van der Waals surface area contributed by atoms with Gasteiger partial charge >= 0.3 is 0 Å². The molecule has 0 unspecified atom stereocenters. The Labute approximate surface area is 162 Å². The summed E-state index contributed by atoms with van der Waals surface area (Å²) >= 11 is 4.27. The number of aryl methyl sites for hydroxylation is 1. The van der Waals surface area contributed by atoms with E-state index < -0.39 is 0 Å². The van der Waals surface area contributed by atoms with E-state index in [-0.39, 0.29) is 35.9 Å². The van der Waals surface area contributed by atoms with Gasteiger partial charge in [-0.1, -0.05) is 28.1 Å². The number of carbonyl (C=O) groups is 3. The van der Waals surface area contributed by atoms with Gasteiger partial charge in [0, 0.05) is 23.1 Å². The van der Waals surface area contributed by atoms with E-state index in [1.165, 1.54) is 6.26 Å². The van der Waals surface area contributed by atoms with E-state index in [1.807, 2.05) is 24.3 Å². The molecule has 1 aliphatic heterocycles. The molecule has 3 rings (SSSR count). The third-order valence-electron chi connectivity index (χ3n) is 3.71. The molecule has 3 amide bonds. The lowest BCUT2D eigenvalue weighted by molar-refractivity contribution is -0.122. The van der Waals surface area contributed by atoms with Crippen LogP contribution in [-0.4, -0.2) is 35.0 Å². The number of hydrogen-bond donors (Lipinski definition) is 1. The van der Waals surface area contributed by atoms with Crippen LogP contribution in [0.5, 0.6) is 0 Å². The van der Waals surface area contributed by atoms with Crippen molar-refractivity contribution in [1.29, 1.82) is 0 Å². The highest BCUT2D eigenvalue weighted by Crippen LogP contribution is 2.32. The average molecular weight is 435 g/mol. The molecule has 0 atom stereocenters. The topological polar surface area (TPSA) is 79.6 Å². The van der Waals surface area contributed by atoms with Crippen molar-refractivity contribution in [2.24, 2.45) is 0 Å². The predicted molar refractivity (Wildman–Crippen MR) is 103 cm³/mol. The molecule has 26 heavy (non-hydrogen) atoms. The van der Waals surface area contributed by atoms with Crippen LogP contribution in [0, 0.1) is 6.92 Å². The van der Waals surface area contributed by atoms with Gasteiger partial charge in [-0.15, -0.1) is 0 Å². The summed E-state index contributed by atoms with van der Waals surface area (Å²) in [6.07, 6.45) is 3.12. The lowest BCUT2D eigenvalue weighted by atomic mass is 10.2. The fourth-order valence-corrected chi connectivity index (χ4v) is 3.69. The van der Waals surface area contributed by atoms with Gasteiger partial charge in [0.15, 0.2) is 5.76 Å². The molecule has 1 saturated heterocycles. The van der Waals surface area contributed by atoms with Crippen molar-refractivity contribution in [3.63, 3.8) is 0 Å². The number of furan rings is 1. The van der Waals surface area contributed by atoms with E-state index in [0.717, 1.165) is 32.3 Å². The van der Waals surface area contributed by atoms with Gasteiger partial charge in [0.1, 0.15) is 0 Å². The van der Waals surface area contributed by atoms with E-state index in [4.69, 9.17) is 4.42 Å². The predicted octanol–water partition coefficient (Wildman–Crippen LogP) is 3.82. The summed E-state index contributed by atoms with van der Waals surface area (Å²) in [5.74, 6) is -0.499. The van der Waals surface area contributed by atoms with E-state index in [0.29, 0.717) is 4.91 Å². The van der Waals surface area contributed by atoms with Crippen molar-refractivity contribution in [3.8, 4) is 0 Å². The van der Waals surface area contributed by atoms with E-state index >= 15 is 0 Å². The van der Waals surface area contributed by atoms with Crippen molar-refractivity contribution < 1.29 is 18.8 Å². The molecule has 0 saturated carbocycles. The summed E-state index contributed by atoms with van der Waals surface area (Å²) in [5, 5.41) is 2.30. The first-order valence-electron chi connectivity index (χ1n) is 7.79. The summed E-state index contributed by atoms with van der Waals surface area (Å²) in [4.78, 5) is 38.0. The van der Waals surface area contributed by atoms with Gasteiger partial charge in [-0.05, 0) is 48.5 Å². The number of rotatable bonds is 5. The molecule has 6 nitrogen and oxygen atoms in total. The summed E-state index contributed by atoms with van der Waals surface area (Å²) in [7, 11) is 0. The number of halogens is 1. The first-order valence-corrected chi connectivity index (χ1v) is 9.40. The van der Waals surface area contributed by atoms with Gasteiger partial charge in [-0.25, -0.2) is 0 Å². The first kappa shape index (κ1) is 18.5. The van der Waals surface area contributed by atoms with E-state index in [1.54, 1.807) is 19.1 Å². The number of imide groups is 1. The van der Waals surface area contributed by atoms with Crippen molar-refractivity contribution in [1.82, 2.24) is 10.2 Å². The van der Waals surface area contributed by atoms with E-state index in [9.17, 15) is 14.4 Å². The number of hydrogen-bond acceptors (Lipinski definition) is 5. The van der Waals surface area contributed by atoms with Crippen molar-refractivity contribution in [2.75, 3.05) is 13.1 Å². The number of benzene rings is 1. The highest BCUT2D eigenvalue weighted by atomic mass is 79.9. The largest absolute Gasteiger partial charge is 0.459 e. The summed E-state index contributed by atoms with van der Waals surface area (Å²) < 4.78 is 6.00. The molecule has 0 radical (unpaired) electrons. The van der Waals surface area contributed by atoms with Crippen LogP contribution in [0.2, 0.25) is 0 Å². The van der Waals surface area contributed by atoms with Crippen LogP contribution in [0.25, 0.3) is 6.08 Å². The number of nitrogens with zero attached hydrogens (tertiary/aromatic N) is 1. The third kappa shape index (κ3) is 4.08. The van der Waals surface area contributed by atoms with Crippen LogP contribution in [0.15, 0.2) is 50.4 Å². The van der Waals surface area contributed by atoms with Crippen molar-refractivity contribution in [3.05, 3.63) is 62.9 Å². The van der Waals surface area contributed by atoms with Crippen LogP contribution in [0.1, 0.15) is 21.7 Å². The number of nitrogens with one attached hydrogen (secondary N) is 1. The highest BCUT2D eigenvalue weighted by molar-refractivity contribution is 9.10. The zero-order chi connectivity index (χ0) is 18.7. The average Bonchev–Trinajstić information content (AvgIpc) is 3.13. The Balaban J connectivity index is 1.61. The number of amides is 3. The number of thioether (sulfide) groups is 1. The molecule has 1 aromatic heterocycles. The third-order valence-corrected chi connectivity index (χ3v) is 5.11. The molecule has 0 bridgehead atoms. The number of carbonyl (C=O) groups excluding carboxylic acids is 3. The molecule has 134 valence electrons. The van der Waals surface area contributed by atoms with Gasteiger partial charge in [0.05, 0.1) is 11.2 Å². The second kappa shape index (κ2) is 7.92. The maximum atomic E-state index is 12.4. The summed E-state index contributed by atoms with van der Waals surface area (Å²) in [6.45, 7) is 2.02. The van der Waals surface area contributed by atoms with Crippen LogP contribution in [0.3, 0.4) is 0 Å². The van der Waals surface area contributed by atoms with Crippen molar-refractivity contribution in [2.45, 2.75) is 6.92 Å². The monoisotopic (exact) mass is 434 g/mol. The molecule has 1 fully saturated rings. The highest BCUT2D eigenvalue weighted by Gasteiger charge is 2.34. The molecule has 0 spiro atoms. The fraction of sp³-hybridized carbons (Fsp3) is 0.167. The summed E-state index contributed by atoms with van der Waals surface area (Å²) in [5.41, 5.74) is 1.55. The zero-order valence-electron chi connectivity index (χ0n) is 13.8. The molecule has 8 heteroatoms. The second-order valence-electron chi connectivity index (χ2n) is 5.58. The Kier molecular flexibility index (Phi) is 5.63. The minimum atomic E-state index is -0.371. The molecule has 1 aromatic carbocycles. The quantitative estimate of drug-likeness (QED) is 0.723. The maximum absolute atomic E-state index is 12.4. The first-order chi connectivity index (χ1) is 12.5. The van der Waals surface area contributed by atoms with Crippen LogP contribution in [-0.2, 0) is 4.79 Å². The Morgan fingerprint density at radius 1 is 1.35 bits per heavy atom. The molecular formula is C18H15BrN2O4S. The Bertz CT molecular complexity index is 906. The molecule has 1 aliphatic rings. The van der Waals surface area contributed by atoms with Crippen LogP contribution < -0.4 is 5.32 Å². The van der Waals surface area contributed by atoms with Crippen LogP contribution >= 0.6 is 27.7 Å². The zero-order valence-corrected chi connectivity index (χ0v) is 16.2. The second-order valence-corrected chi connectivity index (χ2v) is 7.49. The summed E-state index contributed by atoms with van der Waals surface area (Å²) in [6, 6.07) is 9.14. The maximum Gasteiger partial charge on any atom is 0.293 e. The molecular weight excluding hydrogens is 420 g/mol. The van der Waals surface area contributed by atoms with Crippen molar-refractivity contribution >= 4 is 50.8 Å². The van der Waals surface area contributed by atoms with E-state index in [2.05, 4.69) is 21.2 Å². The minimum Gasteiger partial charge on any atom is -0.459 e. The Morgan fingerprint density at radius 2 is 2.15 bits per heavy atom. The molecule has 1 N–H and O–H groups in total. The smallest absolute Gasteiger partial charge is 0.293 e. The van der Waals surface area contributed by atoms with Crippen LogP contribution in [0.4, 0.5) is 4.79 Å². The SMILES string of the molecule is Cc1ccoc1C(=O)NCCN1C(=O)SC(=Cc2cccc(Br)c2)C1=O. The van der Waals surface area contributed by atoms with Gasteiger partial charge in [-0.2, -0.15) is 0 Å². The Hall–Kier alpha value is -2.32. The van der Waals surface area contributed by atoms with Gasteiger partial charge in [0.2, 0.25) is 0 Å². The minimum absolute atomic E-state index is 0.103.